The van der Waals surface area contributed by atoms with E-state index in [9.17, 15) is 9.59 Å². The van der Waals surface area contributed by atoms with Gasteiger partial charge in [0.2, 0.25) is 5.91 Å². The number of carbonyl (C=O) groups excluding carboxylic acids is 2. The number of hydrogen-bond donors (Lipinski definition) is 1. The van der Waals surface area contributed by atoms with Crippen molar-refractivity contribution in [2.24, 2.45) is 0 Å². The number of thiophene rings is 1. The second kappa shape index (κ2) is 6.68. The molecule has 1 aliphatic rings. The van der Waals surface area contributed by atoms with Crippen molar-refractivity contribution in [2.75, 3.05) is 31.2 Å². The van der Waals surface area contributed by atoms with Crippen LogP contribution in [0, 0.1) is 0 Å². The zero-order valence-electron chi connectivity index (χ0n) is 10.9. The fraction of sp³-hybridized carbons (Fsp3) is 0.538. The number of anilines is 1. The van der Waals surface area contributed by atoms with E-state index in [1.807, 2.05) is 23.3 Å². The molecule has 1 amide bonds. The number of morpholine rings is 1. The number of amides is 1. The number of carbonyl (C=O) groups is 2. The van der Waals surface area contributed by atoms with Gasteiger partial charge in [-0.25, -0.2) is 0 Å². The normalized spacial score (nSPS) is 19.2. The average molecular weight is 282 g/mol. The molecule has 1 aliphatic heterocycles. The third-order valence-electron chi connectivity index (χ3n) is 3.03. The van der Waals surface area contributed by atoms with Gasteiger partial charge in [0.05, 0.1) is 18.1 Å². The zero-order valence-corrected chi connectivity index (χ0v) is 11.7. The Hall–Kier alpha value is -1.40. The van der Waals surface area contributed by atoms with Crippen molar-refractivity contribution in [3.05, 3.63) is 16.3 Å². The maximum atomic E-state index is 12.1. The molecule has 1 N–H and O–H groups in total. The van der Waals surface area contributed by atoms with Crippen LogP contribution < -0.4 is 10.2 Å². The molecule has 6 heteroatoms. The van der Waals surface area contributed by atoms with Gasteiger partial charge in [-0.3, -0.25) is 9.59 Å². The summed E-state index contributed by atoms with van der Waals surface area (Å²) in [6.45, 7) is 4.35. The molecule has 5 nitrogen and oxygen atoms in total. The van der Waals surface area contributed by atoms with Crippen molar-refractivity contribution >= 4 is 29.2 Å². The molecule has 0 bridgehead atoms. The Morgan fingerprint density at radius 1 is 1.68 bits per heavy atom. The van der Waals surface area contributed by atoms with Gasteiger partial charge >= 0.3 is 0 Å². The summed E-state index contributed by atoms with van der Waals surface area (Å²) in [5.41, 5.74) is 0.923. The van der Waals surface area contributed by atoms with E-state index < -0.39 is 0 Å². The minimum absolute atomic E-state index is 0.0135. The van der Waals surface area contributed by atoms with Crippen LogP contribution >= 0.6 is 11.3 Å². The Kier molecular flexibility index (Phi) is 4.93. The van der Waals surface area contributed by atoms with E-state index in [1.165, 1.54) is 11.3 Å². The standard InChI is InChI=1S/C13H18N2O3S/c1-2-3-14-13(17)12-8-18-5-4-15(12)10-6-11(7-16)19-9-10/h6-7,9,12H,2-5,8H2,1H3,(H,14,17). The number of ether oxygens (including phenoxy) is 1. The summed E-state index contributed by atoms with van der Waals surface area (Å²) in [4.78, 5) is 25.6. The lowest BCUT2D eigenvalue weighted by molar-refractivity contribution is -0.124. The number of nitrogens with one attached hydrogen (secondary N) is 1. The first-order valence-electron chi connectivity index (χ1n) is 6.42. The number of aldehydes is 1. The Morgan fingerprint density at radius 3 is 3.21 bits per heavy atom. The van der Waals surface area contributed by atoms with Crippen LogP contribution in [0.4, 0.5) is 5.69 Å². The van der Waals surface area contributed by atoms with E-state index in [0.29, 0.717) is 31.2 Å². The van der Waals surface area contributed by atoms with Gasteiger partial charge in [-0.2, -0.15) is 0 Å². The van der Waals surface area contributed by atoms with Gasteiger partial charge in [-0.05, 0) is 12.5 Å². The predicted molar refractivity (Wildman–Crippen MR) is 75.0 cm³/mol. The van der Waals surface area contributed by atoms with E-state index in [1.54, 1.807) is 0 Å². The van der Waals surface area contributed by atoms with Crippen molar-refractivity contribution in [3.63, 3.8) is 0 Å². The second-order valence-corrected chi connectivity index (χ2v) is 5.34. The first-order chi connectivity index (χ1) is 9.26. The van der Waals surface area contributed by atoms with E-state index >= 15 is 0 Å². The van der Waals surface area contributed by atoms with Crippen LogP contribution in [0.1, 0.15) is 23.0 Å². The summed E-state index contributed by atoms with van der Waals surface area (Å²) in [5.74, 6) is -0.0135. The highest BCUT2D eigenvalue weighted by molar-refractivity contribution is 7.12. The van der Waals surface area contributed by atoms with Crippen molar-refractivity contribution in [1.29, 1.82) is 0 Å². The van der Waals surface area contributed by atoms with E-state index in [4.69, 9.17) is 4.74 Å². The lowest BCUT2D eigenvalue weighted by Crippen LogP contribution is -2.54. The minimum atomic E-state index is -0.311. The molecule has 0 saturated carbocycles. The van der Waals surface area contributed by atoms with Crippen LogP contribution in [0.2, 0.25) is 0 Å². The third kappa shape index (κ3) is 3.33. The Labute approximate surface area is 116 Å². The maximum Gasteiger partial charge on any atom is 0.245 e. The van der Waals surface area contributed by atoms with Gasteiger partial charge in [0.25, 0.3) is 0 Å². The fourth-order valence-corrected chi connectivity index (χ4v) is 2.76. The van der Waals surface area contributed by atoms with E-state index in [2.05, 4.69) is 5.32 Å². The molecule has 0 aliphatic carbocycles. The average Bonchev–Trinajstić information content (AvgIpc) is 2.93. The first-order valence-corrected chi connectivity index (χ1v) is 7.30. The number of hydrogen-bond acceptors (Lipinski definition) is 5. The predicted octanol–water partition coefficient (Wildman–Crippen LogP) is 1.29. The summed E-state index contributed by atoms with van der Waals surface area (Å²) in [6.07, 6.45) is 1.74. The SMILES string of the molecule is CCCNC(=O)C1COCCN1c1csc(C=O)c1. The molecule has 0 spiro atoms. The van der Waals surface area contributed by atoms with Gasteiger partial charge in [-0.15, -0.1) is 11.3 Å². The van der Waals surface area contributed by atoms with Gasteiger partial charge in [-0.1, -0.05) is 6.92 Å². The van der Waals surface area contributed by atoms with Gasteiger partial charge in [0, 0.05) is 24.2 Å². The van der Waals surface area contributed by atoms with Crippen molar-refractivity contribution in [3.8, 4) is 0 Å². The lowest BCUT2D eigenvalue weighted by atomic mass is 10.2. The van der Waals surface area contributed by atoms with Crippen molar-refractivity contribution in [1.82, 2.24) is 5.32 Å². The molecule has 1 aromatic heterocycles. The van der Waals surface area contributed by atoms with Gasteiger partial charge in [0.1, 0.15) is 6.04 Å². The monoisotopic (exact) mass is 282 g/mol. The Balaban J connectivity index is 2.10. The highest BCUT2D eigenvalue weighted by atomic mass is 32.1. The molecule has 1 unspecified atom stereocenters. The van der Waals surface area contributed by atoms with Crippen molar-refractivity contribution < 1.29 is 14.3 Å². The molecule has 2 heterocycles. The largest absolute Gasteiger partial charge is 0.377 e. The molecule has 1 atom stereocenters. The summed E-state index contributed by atoms with van der Waals surface area (Å²) < 4.78 is 5.40. The molecule has 0 aromatic carbocycles. The minimum Gasteiger partial charge on any atom is -0.377 e. The topological polar surface area (TPSA) is 58.6 Å². The summed E-state index contributed by atoms with van der Waals surface area (Å²) in [7, 11) is 0. The van der Waals surface area contributed by atoms with Gasteiger partial charge in [0.15, 0.2) is 6.29 Å². The second-order valence-electron chi connectivity index (χ2n) is 4.40. The highest BCUT2D eigenvalue weighted by Gasteiger charge is 2.29. The number of nitrogens with zero attached hydrogens (tertiary/aromatic N) is 1. The highest BCUT2D eigenvalue weighted by Crippen LogP contribution is 2.25. The molecular weight excluding hydrogens is 264 g/mol. The lowest BCUT2D eigenvalue weighted by Gasteiger charge is -2.35. The van der Waals surface area contributed by atoms with Crippen LogP contribution in [-0.4, -0.2) is 44.5 Å². The van der Waals surface area contributed by atoms with Crippen LogP contribution in [0.25, 0.3) is 0 Å². The molecule has 1 fully saturated rings. The number of rotatable bonds is 5. The first kappa shape index (κ1) is 14.0. The molecule has 0 radical (unpaired) electrons. The molecule has 1 saturated heterocycles. The smallest absolute Gasteiger partial charge is 0.245 e. The van der Waals surface area contributed by atoms with Crippen LogP contribution in [0.3, 0.4) is 0 Å². The molecule has 2 rings (SSSR count). The van der Waals surface area contributed by atoms with E-state index in [-0.39, 0.29) is 11.9 Å². The molecule has 19 heavy (non-hydrogen) atoms. The van der Waals surface area contributed by atoms with Crippen LogP contribution in [0.15, 0.2) is 11.4 Å². The Morgan fingerprint density at radius 2 is 2.53 bits per heavy atom. The maximum absolute atomic E-state index is 12.1. The van der Waals surface area contributed by atoms with Gasteiger partial charge < -0.3 is 15.0 Å². The summed E-state index contributed by atoms with van der Waals surface area (Å²) >= 11 is 1.39. The van der Waals surface area contributed by atoms with E-state index in [0.717, 1.165) is 18.4 Å². The third-order valence-corrected chi connectivity index (χ3v) is 3.88. The zero-order chi connectivity index (χ0) is 13.7. The molecule has 104 valence electrons. The quantitative estimate of drug-likeness (QED) is 0.827. The summed E-state index contributed by atoms with van der Waals surface area (Å²) in [6, 6.07) is 1.51. The van der Waals surface area contributed by atoms with Crippen LogP contribution in [-0.2, 0) is 9.53 Å². The fourth-order valence-electron chi connectivity index (χ4n) is 2.05. The molecule has 1 aromatic rings. The van der Waals surface area contributed by atoms with Crippen molar-refractivity contribution in [2.45, 2.75) is 19.4 Å². The summed E-state index contributed by atoms with van der Waals surface area (Å²) in [5, 5.41) is 4.81. The molecular formula is C13H18N2O3S. The van der Waals surface area contributed by atoms with Crippen LogP contribution in [0.5, 0.6) is 0 Å². The Bertz CT molecular complexity index is 447.